The molecule has 9 heteroatoms. The molecule has 0 unspecified atom stereocenters. The number of nitrogens with zero attached hydrogens (tertiary/aromatic N) is 4. The predicted molar refractivity (Wildman–Crippen MR) is 142 cm³/mol. The van der Waals surface area contributed by atoms with Gasteiger partial charge in [-0.05, 0) is 31.2 Å². The Balaban J connectivity index is 1.29. The second kappa shape index (κ2) is 8.17. The van der Waals surface area contributed by atoms with E-state index in [2.05, 4.69) is 16.0 Å². The van der Waals surface area contributed by atoms with Crippen LogP contribution in [0.4, 0.5) is 0 Å². The zero-order valence-electron chi connectivity index (χ0n) is 21.0. The standard InChI is InChI=1S/C30H24N4O5/c1-29-23(35)14-30(39-29,12-13-38-24-16-32-20-8-4-5-9-21(20)33-24)26-25(29)27(36)34(28(26)37)22-11-10-17(15-31)18-6-2-3-7-19(18)22/h2-11,16,23,35-37H,12-14H2,1H3/t23-,29-,30+/m0/s1. The van der Waals surface area contributed by atoms with E-state index in [1.54, 1.807) is 25.3 Å². The van der Waals surface area contributed by atoms with E-state index in [0.717, 1.165) is 5.52 Å². The van der Waals surface area contributed by atoms with Crippen molar-refractivity contribution in [2.24, 2.45) is 0 Å². The van der Waals surface area contributed by atoms with Crippen LogP contribution in [-0.4, -0.2) is 42.6 Å². The minimum absolute atomic E-state index is 0.168. The quantitative estimate of drug-likeness (QED) is 0.308. The van der Waals surface area contributed by atoms with Crippen molar-refractivity contribution < 1.29 is 24.8 Å². The summed E-state index contributed by atoms with van der Waals surface area (Å²) >= 11 is 0. The first-order chi connectivity index (χ1) is 18.9. The molecule has 0 saturated carbocycles. The van der Waals surface area contributed by atoms with Gasteiger partial charge in [-0.3, -0.25) is 4.57 Å². The molecule has 2 aromatic heterocycles. The molecular formula is C30H24N4O5. The van der Waals surface area contributed by atoms with Crippen LogP contribution in [0.3, 0.4) is 0 Å². The highest BCUT2D eigenvalue weighted by Crippen LogP contribution is 2.65. The third kappa shape index (κ3) is 3.19. The van der Waals surface area contributed by atoms with Crippen molar-refractivity contribution in [1.82, 2.24) is 14.5 Å². The van der Waals surface area contributed by atoms with Crippen LogP contribution in [0, 0.1) is 11.3 Å². The SMILES string of the molecule is C[C@]12O[C@](CCOc3cnc4ccccc4n3)(C[C@@H]1O)c1c2c(O)n(-c2ccc(C#N)c3ccccc23)c1O. The Bertz CT molecular complexity index is 1840. The van der Waals surface area contributed by atoms with Gasteiger partial charge in [0.1, 0.15) is 11.2 Å². The van der Waals surface area contributed by atoms with Gasteiger partial charge in [0.15, 0.2) is 0 Å². The first-order valence-electron chi connectivity index (χ1n) is 12.7. The number of nitriles is 1. The zero-order valence-corrected chi connectivity index (χ0v) is 21.0. The van der Waals surface area contributed by atoms with E-state index in [9.17, 15) is 20.6 Å². The number of aliphatic hydroxyl groups is 1. The van der Waals surface area contributed by atoms with Crippen LogP contribution in [0.15, 0.2) is 66.9 Å². The summed E-state index contributed by atoms with van der Waals surface area (Å²) in [6, 6.07) is 20.4. The summed E-state index contributed by atoms with van der Waals surface area (Å²) in [5.41, 5.74) is 0.987. The zero-order chi connectivity index (χ0) is 26.9. The van der Waals surface area contributed by atoms with Crippen molar-refractivity contribution in [2.45, 2.75) is 37.1 Å². The molecule has 0 aliphatic carbocycles. The van der Waals surface area contributed by atoms with Gasteiger partial charge in [0.05, 0.1) is 58.4 Å². The highest BCUT2D eigenvalue weighted by Gasteiger charge is 2.66. The number of rotatable bonds is 5. The Labute approximate surface area is 223 Å². The van der Waals surface area contributed by atoms with Gasteiger partial charge in [-0.25, -0.2) is 9.97 Å². The fourth-order valence-electron chi connectivity index (χ4n) is 6.25. The molecule has 3 aromatic carbocycles. The molecule has 3 N–H and O–H groups in total. The van der Waals surface area contributed by atoms with Crippen molar-refractivity contribution in [3.05, 3.63) is 83.6 Å². The molecule has 39 heavy (non-hydrogen) atoms. The highest BCUT2D eigenvalue weighted by molar-refractivity contribution is 5.95. The summed E-state index contributed by atoms with van der Waals surface area (Å²) in [6.45, 7) is 1.90. The molecular weight excluding hydrogens is 496 g/mol. The van der Waals surface area contributed by atoms with E-state index in [-0.39, 0.29) is 24.8 Å². The molecule has 7 rings (SSSR count). The van der Waals surface area contributed by atoms with Gasteiger partial charge >= 0.3 is 0 Å². The Morgan fingerprint density at radius 2 is 1.74 bits per heavy atom. The molecule has 4 heterocycles. The minimum Gasteiger partial charge on any atom is -0.494 e. The average molecular weight is 521 g/mol. The number of para-hydroxylation sites is 2. The molecule has 2 aliphatic heterocycles. The number of fused-ring (bicyclic) bond motifs is 7. The lowest BCUT2D eigenvalue weighted by Gasteiger charge is -2.26. The Morgan fingerprint density at radius 1 is 1.03 bits per heavy atom. The molecule has 0 spiro atoms. The maximum Gasteiger partial charge on any atom is 0.232 e. The first-order valence-corrected chi connectivity index (χ1v) is 12.7. The maximum absolute atomic E-state index is 11.6. The van der Waals surface area contributed by atoms with Gasteiger partial charge in [-0.2, -0.15) is 5.26 Å². The lowest BCUT2D eigenvalue weighted by Crippen LogP contribution is -2.33. The summed E-state index contributed by atoms with van der Waals surface area (Å²) in [7, 11) is 0. The van der Waals surface area contributed by atoms with E-state index < -0.39 is 17.3 Å². The molecule has 2 aliphatic rings. The molecule has 1 saturated heterocycles. The number of hydrogen-bond donors (Lipinski definition) is 3. The van der Waals surface area contributed by atoms with Crippen molar-refractivity contribution >= 4 is 21.8 Å². The fraction of sp³-hybridized carbons (Fsp3) is 0.233. The van der Waals surface area contributed by atoms with Crippen LogP contribution in [0.2, 0.25) is 0 Å². The smallest absolute Gasteiger partial charge is 0.232 e. The number of aromatic hydroxyl groups is 2. The predicted octanol–water partition coefficient (Wildman–Crippen LogP) is 4.53. The summed E-state index contributed by atoms with van der Waals surface area (Å²) in [6.07, 6.45) is 1.19. The second-order valence-corrected chi connectivity index (χ2v) is 10.2. The van der Waals surface area contributed by atoms with Crippen LogP contribution in [0.25, 0.3) is 27.5 Å². The van der Waals surface area contributed by atoms with Gasteiger partial charge in [0.2, 0.25) is 17.6 Å². The molecule has 3 atom stereocenters. The van der Waals surface area contributed by atoms with Gasteiger partial charge in [-0.15, -0.1) is 0 Å². The molecule has 2 bridgehead atoms. The van der Waals surface area contributed by atoms with E-state index in [1.807, 2.05) is 48.5 Å². The van der Waals surface area contributed by atoms with Crippen LogP contribution >= 0.6 is 0 Å². The van der Waals surface area contributed by atoms with Gasteiger partial charge in [-0.1, -0.05) is 36.4 Å². The van der Waals surface area contributed by atoms with E-state index in [0.29, 0.717) is 51.0 Å². The second-order valence-electron chi connectivity index (χ2n) is 10.2. The number of hydrogen-bond acceptors (Lipinski definition) is 8. The number of aromatic nitrogens is 3. The van der Waals surface area contributed by atoms with E-state index in [1.165, 1.54) is 4.57 Å². The third-order valence-electron chi connectivity index (χ3n) is 8.08. The monoisotopic (exact) mass is 520 g/mol. The molecule has 194 valence electrons. The van der Waals surface area contributed by atoms with Crippen LogP contribution in [0.5, 0.6) is 17.6 Å². The number of aliphatic hydroxyl groups excluding tert-OH is 1. The van der Waals surface area contributed by atoms with Crippen LogP contribution in [-0.2, 0) is 15.9 Å². The Kier molecular flexibility index (Phi) is 4.92. The number of benzene rings is 3. The molecule has 0 amide bonds. The average Bonchev–Trinajstić information content (AvgIpc) is 3.48. The molecule has 0 radical (unpaired) electrons. The molecule has 9 nitrogen and oxygen atoms in total. The molecule has 1 fully saturated rings. The first kappa shape index (κ1) is 23.5. The van der Waals surface area contributed by atoms with Gasteiger partial charge < -0.3 is 24.8 Å². The van der Waals surface area contributed by atoms with Crippen molar-refractivity contribution in [2.75, 3.05) is 6.61 Å². The van der Waals surface area contributed by atoms with Crippen molar-refractivity contribution in [3.63, 3.8) is 0 Å². The van der Waals surface area contributed by atoms with Crippen molar-refractivity contribution in [1.29, 1.82) is 5.26 Å². The summed E-state index contributed by atoms with van der Waals surface area (Å²) in [5, 5.41) is 45.1. The van der Waals surface area contributed by atoms with Crippen LogP contribution < -0.4 is 4.74 Å². The largest absolute Gasteiger partial charge is 0.494 e. The Hall–Kier alpha value is -4.65. The summed E-state index contributed by atoms with van der Waals surface area (Å²) in [4.78, 5) is 8.88. The molecule has 5 aromatic rings. The van der Waals surface area contributed by atoms with Crippen LogP contribution in [0.1, 0.15) is 36.5 Å². The summed E-state index contributed by atoms with van der Waals surface area (Å²) < 4.78 is 13.7. The third-order valence-corrected chi connectivity index (χ3v) is 8.08. The Morgan fingerprint density at radius 3 is 2.54 bits per heavy atom. The minimum atomic E-state index is -1.21. The normalized spacial score (nSPS) is 23.3. The maximum atomic E-state index is 11.6. The highest BCUT2D eigenvalue weighted by atomic mass is 16.6. The topological polar surface area (TPSA) is 134 Å². The summed E-state index contributed by atoms with van der Waals surface area (Å²) in [5.74, 6) is -0.0152. The lowest BCUT2D eigenvalue weighted by atomic mass is 9.76. The van der Waals surface area contributed by atoms with Crippen molar-refractivity contribution in [3.8, 4) is 29.4 Å². The fourth-order valence-corrected chi connectivity index (χ4v) is 6.25. The van der Waals surface area contributed by atoms with E-state index in [4.69, 9.17) is 9.47 Å². The van der Waals surface area contributed by atoms with E-state index >= 15 is 0 Å². The van der Waals surface area contributed by atoms with Gasteiger partial charge in [0, 0.05) is 23.6 Å². The van der Waals surface area contributed by atoms with Gasteiger partial charge in [0.25, 0.3) is 0 Å². The lowest BCUT2D eigenvalue weighted by molar-refractivity contribution is -0.107. The number of ether oxygens (including phenoxy) is 2.